The molecule has 0 saturated carbocycles. The lowest BCUT2D eigenvalue weighted by atomic mass is 9.93. The number of nitrogens with zero attached hydrogens (tertiary/aromatic N) is 2. The summed E-state index contributed by atoms with van der Waals surface area (Å²) in [7, 11) is 0. The van der Waals surface area contributed by atoms with Crippen molar-refractivity contribution in [1.82, 2.24) is 10.3 Å². The predicted molar refractivity (Wildman–Crippen MR) is 73.8 cm³/mol. The number of ether oxygens (including phenoxy) is 3. The molecule has 2 atom stereocenters. The minimum absolute atomic E-state index is 0.0207. The number of anilines is 1. The van der Waals surface area contributed by atoms with E-state index in [9.17, 15) is 4.79 Å². The fourth-order valence-corrected chi connectivity index (χ4v) is 3.02. The molecule has 1 N–H and O–H groups in total. The first-order valence-corrected chi connectivity index (χ1v) is 7.26. The van der Waals surface area contributed by atoms with Crippen LogP contribution in [0, 0.1) is 5.92 Å². The quantitative estimate of drug-likeness (QED) is 0.824. The van der Waals surface area contributed by atoms with Crippen molar-refractivity contribution in [3.63, 3.8) is 0 Å². The van der Waals surface area contributed by atoms with Crippen LogP contribution in [0.15, 0.2) is 12.3 Å². The van der Waals surface area contributed by atoms with E-state index in [1.54, 1.807) is 17.2 Å². The Bertz CT molecular complexity index is 565. The van der Waals surface area contributed by atoms with Gasteiger partial charge in [-0.25, -0.2) is 9.78 Å². The van der Waals surface area contributed by atoms with Gasteiger partial charge in [0.25, 0.3) is 5.88 Å². The normalized spacial score (nSPS) is 27.8. The van der Waals surface area contributed by atoms with Crippen LogP contribution in [0.1, 0.15) is 6.42 Å². The third-order valence-corrected chi connectivity index (χ3v) is 4.15. The Kier molecular flexibility index (Phi) is 3.07. The summed E-state index contributed by atoms with van der Waals surface area (Å²) in [6, 6.07) is 1.80. The maximum absolute atomic E-state index is 12.2. The zero-order valence-electron chi connectivity index (χ0n) is 11.6. The molecule has 0 aromatic carbocycles. The second-order valence-electron chi connectivity index (χ2n) is 5.48. The summed E-state index contributed by atoms with van der Waals surface area (Å²) >= 11 is 0. The van der Waals surface area contributed by atoms with Gasteiger partial charge < -0.3 is 19.5 Å². The molecule has 2 unspecified atom stereocenters. The molecule has 1 aromatic rings. The number of nitrogens with one attached hydrogen (secondary N) is 1. The molecular weight excluding hydrogens is 274 g/mol. The number of carbonyl (C=O) groups is 1. The Balaban J connectivity index is 1.59. The molecular formula is C14H17N3O4. The molecule has 1 amide bonds. The maximum atomic E-state index is 12.2. The van der Waals surface area contributed by atoms with E-state index in [1.807, 2.05) is 0 Å². The molecule has 0 bridgehead atoms. The number of carbonyl (C=O) groups excluding carboxylic acids is 1. The van der Waals surface area contributed by atoms with Crippen molar-refractivity contribution in [2.45, 2.75) is 12.5 Å². The van der Waals surface area contributed by atoms with Gasteiger partial charge in [-0.3, -0.25) is 4.90 Å². The van der Waals surface area contributed by atoms with Gasteiger partial charge in [0, 0.05) is 25.1 Å². The first kappa shape index (κ1) is 12.7. The van der Waals surface area contributed by atoms with Crippen LogP contribution in [0.2, 0.25) is 0 Å². The topological polar surface area (TPSA) is 72.9 Å². The number of rotatable bonds is 1. The highest BCUT2D eigenvalue weighted by atomic mass is 16.6. The summed E-state index contributed by atoms with van der Waals surface area (Å²) in [5.74, 6) is 1.42. The number of pyridine rings is 1. The van der Waals surface area contributed by atoms with E-state index >= 15 is 0 Å². The van der Waals surface area contributed by atoms with Crippen molar-refractivity contribution in [2.75, 3.05) is 37.7 Å². The summed E-state index contributed by atoms with van der Waals surface area (Å²) in [5, 5.41) is 3.26. The maximum Gasteiger partial charge on any atom is 0.414 e. The van der Waals surface area contributed by atoms with Gasteiger partial charge in [-0.15, -0.1) is 0 Å². The zero-order chi connectivity index (χ0) is 14.2. The first-order valence-electron chi connectivity index (χ1n) is 7.26. The molecule has 21 heavy (non-hydrogen) atoms. The van der Waals surface area contributed by atoms with E-state index in [1.165, 1.54) is 0 Å². The molecule has 2 saturated heterocycles. The van der Waals surface area contributed by atoms with E-state index in [-0.39, 0.29) is 12.2 Å². The van der Waals surface area contributed by atoms with Crippen LogP contribution in [-0.2, 0) is 4.74 Å². The third kappa shape index (κ3) is 2.27. The number of hydrogen-bond acceptors (Lipinski definition) is 6. The molecule has 3 aliphatic heterocycles. The largest absolute Gasteiger partial charge is 0.484 e. The van der Waals surface area contributed by atoms with Crippen molar-refractivity contribution in [2.24, 2.45) is 5.92 Å². The van der Waals surface area contributed by atoms with Gasteiger partial charge in [-0.2, -0.15) is 0 Å². The minimum Gasteiger partial charge on any atom is -0.484 e. The molecule has 0 aliphatic carbocycles. The zero-order valence-corrected chi connectivity index (χ0v) is 11.6. The lowest BCUT2D eigenvalue weighted by Gasteiger charge is -2.40. The van der Waals surface area contributed by atoms with Gasteiger partial charge in [0.2, 0.25) is 0 Å². The lowest BCUT2D eigenvalue weighted by Crippen LogP contribution is -2.54. The minimum atomic E-state index is -0.321. The van der Waals surface area contributed by atoms with Crippen LogP contribution >= 0.6 is 0 Å². The molecule has 2 fully saturated rings. The second-order valence-corrected chi connectivity index (χ2v) is 5.48. The Morgan fingerprint density at radius 3 is 3.19 bits per heavy atom. The van der Waals surface area contributed by atoms with E-state index < -0.39 is 0 Å². The van der Waals surface area contributed by atoms with Crippen LogP contribution < -0.4 is 19.7 Å². The van der Waals surface area contributed by atoms with Crippen LogP contribution in [0.5, 0.6) is 11.6 Å². The third-order valence-electron chi connectivity index (χ3n) is 4.15. The Labute approximate surface area is 122 Å². The number of piperidine rings is 1. The Morgan fingerprint density at radius 1 is 1.33 bits per heavy atom. The predicted octanol–water partition coefficient (Wildman–Crippen LogP) is 0.787. The average Bonchev–Trinajstić information content (AvgIpc) is 2.54. The van der Waals surface area contributed by atoms with Crippen molar-refractivity contribution < 1.29 is 19.0 Å². The lowest BCUT2D eigenvalue weighted by molar-refractivity contribution is 0.0329. The highest BCUT2D eigenvalue weighted by Crippen LogP contribution is 2.34. The summed E-state index contributed by atoms with van der Waals surface area (Å²) in [6.45, 7) is 3.36. The van der Waals surface area contributed by atoms with E-state index in [0.717, 1.165) is 19.5 Å². The number of aromatic nitrogens is 1. The van der Waals surface area contributed by atoms with Gasteiger partial charge in [0.1, 0.15) is 19.3 Å². The summed E-state index contributed by atoms with van der Waals surface area (Å²) < 4.78 is 16.4. The number of hydrogen-bond donors (Lipinski definition) is 1. The molecule has 7 nitrogen and oxygen atoms in total. The molecule has 7 heteroatoms. The standard InChI is InChI=1S/C14H17N3O4/c18-14-17(8-9-1-2-15-7-12(9)21-14)10-5-11-13(16-6-10)20-4-3-19-11/h5-6,9,12,15H,1-4,7-8H2. The molecule has 1 aromatic heterocycles. The van der Waals surface area contributed by atoms with Crippen molar-refractivity contribution in [3.8, 4) is 11.6 Å². The first-order chi connectivity index (χ1) is 10.3. The van der Waals surface area contributed by atoms with Crippen LogP contribution in [0.25, 0.3) is 0 Å². The van der Waals surface area contributed by atoms with Gasteiger partial charge in [0.05, 0.1) is 11.9 Å². The van der Waals surface area contributed by atoms with Gasteiger partial charge in [-0.1, -0.05) is 0 Å². The van der Waals surface area contributed by atoms with Gasteiger partial charge >= 0.3 is 6.09 Å². The molecule has 4 heterocycles. The monoisotopic (exact) mass is 291 g/mol. The Morgan fingerprint density at radius 2 is 2.24 bits per heavy atom. The molecule has 0 radical (unpaired) electrons. The number of amides is 1. The van der Waals surface area contributed by atoms with E-state index in [2.05, 4.69) is 10.3 Å². The highest BCUT2D eigenvalue weighted by molar-refractivity contribution is 5.88. The van der Waals surface area contributed by atoms with Gasteiger partial charge in [0.15, 0.2) is 5.75 Å². The SMILES string of the molecule is O=C1OC2CNCCC2CN1c1cnc2c(c1)OCCO2. The highest BCUT2D eigenvalue weighted by Gasteiger charge is 2.38. The summed E-state index contributed by atoms with van der Waals surface area (Å²) in [5.41, 5.74) is 0.696. The fraction of sp³-hybridized carbons (Fsp3) is 0.571. The Hall–Kier alpha value is -2.02. The fourth-order valence-electron chi connectivity index (χ4n) is 3.02. The summed E-state index contributed by atoms with van der Waals surface area (Å²) in [4.78, 5) is 18.1. The van der Waals surface area contributed by atoms with Gasteiger partial charge in [-0.05, 0) is 13.0 Å². The second kappa shape index (κ2) is 5.07. The summed E-state index contributed by atoms with van der Waals surface area (Å²) in [6.07, 6.45) is 2.30. The number of fused-ring (bicyclic) bond motifs is 2. The molecule has 4 rings (SSSR count). The average molecular weight is 291 g/mol. The van der Waals surface area contributed by atoms with Crippen LogP contribution in [0.4, 0.5) is 10.5 Å². The van der Waals surface area contributed by atoms with E-state index in [4.69, 9.17) is 14.2 Å². The van der Waals surface area contributed by atoms with Crippen molar-refractivity contribution >= 4 is 11.8 Å². The van der Waals surface area contributed by atoms with Crippen LogP contribution in [-0.4, -0.2) is 50.0 Å². The van der Waals surface area contributed by atoms with Crippen molar-refractivity contribution in [3.05, 3.63) is 12.3 Å². The van der Waals surface area contributed by atoms with Crippen molar-refractivity contribution in [1.29, 1.82) is 0 Å². The van der Waals surface area contributed by atoms with E-state index in [0.29, 0.717) is 43.0 Å². The molecule has 112 valence electrons. The smallest absolute Gasteiger partial charge is 0.414 e. The van der Waals surface area contributed by atoms with Crippen LogP contribution in [0.3, 0.4) is 0 Å². The molecule has 0 spiro atoms. The molecule has 3 aliphatic rings.